The van der Waals surface area contributed by atoms with Gasteiger partial charge in [-0.25, -0.2) is 0 Å². The summed E-state index contributed by atoms with van der Waals surface area (Å²) in [4.78, 5) is 12.6. The van der Waals surface area contributed by atoms with Gasteiger partial charge < -0.3 is 19.6 Å². The SMILES string of the molecule is CCC(C)(CCO)NC(=O)c1oc2c(OC)cccc2c1C. The van der Waals surface area contributed by atoms with Gasteiger partial charge >= 0.3 is 0 Å². The number of furan rings is 1. The van der Waals surface area contributed by atoms with Crippen molar-refractivity contribution in [3.63, 3.8) is 0 Å². The van der Waals surface area contributed by atoms with E-state index < -0.39 is 5.54 Å². The number of nitrogens with one attached hydrogen (secondary N) is 1. The van der Waals surface area contributed by atoms with E-state index in [-0.39, 0.29) is 18.3 Å². The van der Waals surface area contributed by atoms with E-state index in [0.717, 1.165) is 17.4 Å². The zero-order valence-electron chi connectivity index (χ0n) is 13.5. The number of carbonyl (C=O) groups excluding carboxylic acids is 1. The Morgan fingerprint density at radius 2 is 2.18 bits per heavy atom. The minimum absolute atomic E-state index is 0.0254. The number of hydrogen-bond donors (Lipinski definition) is 2. The molecule has 22 heavy (non-hydrogen) atoms. The number of ether oxygens (including phenoxy) is 1. The fourth-order valence-electron chi connectivity index (χ4n) is 2.50. The van der Waals surface area contributed by atoms with Crippen LogP contribution >= 0.6 is 0 Å². The first-order valence-corrected chi connectivity index (χ1v) is 7.45. The molecule has 1 amide bonds. The zero-order valence-corrected chi connectivity index (χ0v) is 13.5. The van der Waals surface area contributed by atoms with Crippen LogP contribution in [0.5, 0.6) is 5.75 Å². The molecule has 5 heteroatoms. The van der Waals surface area contributed by atoms with E-state index in [1.807, 2.05) is 32.9 Å². The maximum atomic E-state index is 12.6. The van der Waals surface area contributed by atoms with Crippen LogP contribution in [0.1, 0.15) is 42.8 Å². The molecule has 1 unspecified atom stereocenters. The highest BCUT2D eigenvalue weighted by atomic mass is 16.5. The van der Waals surface area contributed by atoms with Gasteiger partial charge in [-0.15, -0.1) is 0 Å². The van der Waals surface area contributed by atoms with Crippen molar-refractivity contribution in [3.8, 4) is 5.75 Å². The van der Waals surface area contributed by atoms with Gasteiger partial charge in [0.05, 0.1) is 7.11 Å². The third-order valence-electron chi connectivity index (χ3n) is 4.21. The minimum atomic E-state index is -0.457. The molecule has 1 heterocycles. The lowest BCUT2D eigenvalue weighted by atomic mass is 9.94. The van der Waals surface area contributed by atoms with Gasteiger partial charge in [0.1, 0.15) is 0 Å². The second-order valence-corrected chi connectivity index (χ2v) is 5.74. The standard InChI is InChI=1S/C17H23NO4/c1-5-17(3,9-10-19)18-16(20)14-11(2)12-7-6-8-13(21-4)15(12)22-14/h6-8,19H,5,9-10H2,1-4H3,(H,18,20). The second kappa shape index (κ2) is 6.40. The normalized spacial score (nSPS) is 13.9. The number of amides is 1. The lowest BCUT2D eigenvalue weighted by molar-refractivity contribution is 0.0859. The van der Waals surface area contributed by atoms with Crippen LogP contribution in [-0.4, -0.2) is 30.3 Å². The Kier molecular flexibility index (Phi) is 4.76. The summed E-state index contributed by atoms with van der Waals surface area (Å²) >= 11 is 0. The Hall–Kier alpha value is -2.01. The largest absolute Gasteiger partial charge is 0.493 e. The fourth-order valence-corrected chi connectivity index (χ4v) is 2.50. The molecular weight excluding hydrogens is 282 g/mol. The number of rotatable bonds is 6. The van der Waals surface area contributed by atoms with Gasteiger partial charge in [-0.3, -0.25) is 4.79 Å². The molecule has 2 N–H and O–H groups in total. The quantitative estimate of drug-likeness (QED) is 0.860. The van der Waals surface area contributed by atoms with E-state index in [1.165, 1.54) is 0 Å². The average molecular weight is 305 g/mol. The number of aliphatic hydroxyl groups is 1. The molecule has 0 aliphatic carbocycles. The molecule has 0 saturated carbocycles. The molecule has 0 fully saturated rings. The van der Waals surface area contributed by atoms with Gasteiger partial charge in [-0.2, -0.15) is 0 Å². The van der Waals surface area contributed by atoms with Crippen LogP contribution in [0.15, 0.2) is 22.6 Å². The van der Waals surface area contributed by atoms with E-state index in [2.05, 4.69) is 5.32 Å². The molecule has 2 rings (SSSR count). The minimum Gasteiger partial charge on any atom is -0.493 e. The number of methoxy groups -OCH3 is 1. The Morgan fingerprint density at radius 1 is 1.45 bits per heavy atom. The number of benzene rings is 1. The molecule has 1 aromatic heterocycles. The molecule has 0 spiro atoms. The predicted octanol–water partition coefficient (Wildman–Crippen LogP) is 3.03. The molecule has 1 aromatic carbocycles. The Bertz CT molecular complexity index is 677. The number of para-hydroxylation sites is 1. The molecule has 0 saturated heterocycles. The van der Waals surface area contributed by atoms with Gasteiger partial charge in [-0.1, -0.05) is 19.1 Å². The van der Waals surface area contributed by atoms with Gasteiger partial charge in [0.2, 0.25) is 0 Å². The fraction of sp³-hybridized carbons (Fsp3) is 0.471. The summed E-state index contributed by atoms with van der Waals surface area (Å²) in [5, 5.41) is 13.0. The van der Waals surface area contributed by atoms with Crippen molar-refractivity contribution < 1.29 is 19.1 Å². The predicted molar refractivity (Wildman–Crippen MR) is 85.4 cm³/mol. The van der Waals surface area contributed by atoms with E-state index in [0.29, 0.717) is 17.8 Å². The van der Waals surface area contributed by atoms with E-state index in [9.17, 15) is 4.79 Å². The summed E-state index contributed by atoms with van der Waals surface area (Å²) in [5.74, 6) is 0.624. The molecule has 0 aliphatic rings. The van der Waals surface area contributed by atoms with Crippen LogP contribution in [0, 0.1) is 6.92 Å². The monoisotopic (exact) mass is 305 g/mol. The van der Waals surface area contributed by atoms with Crippen molar-refractivity contribution in [2.75, 3.05) is 13.7 Å². The highest BCUT2D eigenvalue weighted by Gasteiger charge is 2.27. The van der Waals surface area contributed by atoms with Crippen LogP contribution in [0.2, 0.25) is 0 Å². The molecule has 2 aromatic rings. The number of aryl methyl sites for hydroxylation is 1. The Balaban J connectivity index is 2.38. The number of aliphatic hydroxyl groups excluding tert-OH is 1. The summed E-state index contributed by atoms with van der Waals surface area (Å²) < 4.78 is 11.0. The maximum Gasteiger partial charge on any atom is 0.287 e. The van der Waals surface area contributed by atoms with E-state index in [1.54, 1.807) is 13.2 Å². The lowest BCUT2D eigenvalue weighted by Gasteiger charge is -2.28. The molecule has 1 atom stereocenters. The highest BCUT2D eigenvalue weighted by Crippen LogP contribution is 2.32. The molecule has 120 valence electrons. The summed E-state index contributed by atoms with van der Waals surface area (Å²) in [7, 11) is 1.57. The molecule has 0 radical (unpaired) electrons. The molecular formula is C17H23NO4. The molecule has 0 aliphatic heterocycles. The van der Waals surface area contributed by atoms with Gasteiger partial charge in [0.15, 0.2) is 17.1 Å². The van der Waals surface area contributed by atoms with Gasteiger partial charge in [0.25, 0.3) is 5.91 Å². The second-order valence-electron chi connectivity index (χ2n) is 5.74. The number of hydrogen-bond acceptors (Lipinski definition) is 4. The van der Waals surface area contributed by atoms with Crippen molar-refractivity contribution in [3.05, 3.63) is 29.5 Å². The summed E-state index contributed by atoms with van der Waals surface area (Å²) in [6.07, 6.45) is 1.22. The third kappa shape index (κ3) is 2.95. The van der Waals surface area contributed by atoms with Gasteiger partial charge in [-0.05, 0) is 32.8 Å². The van der Waals surface area contributed by atoms with Gasteiger partial charge in [0, 0.05) is 23.1 Å². The first kappa shape index (κ1) is 16.4. The van der Waals surface area contributed by atoms with Crippen LogP contribution < -0.4 is 10.1 Å². The van der Waals surface area contributed by atoms with Crippen molar-refractivity contribution >= 4 is 16.9 Å². The number of fused-ring (bicyclic) bond motifs is 1. The topological polar surface area (TPSA) is 71.7 Å². The van der Waals surface area contributed by atoms with Crippen molar-refractivity contribution in [1.82, 2.24) is 5.32 Å². The summed E-state index contributed by atoms with van der Waals surface area (Å²) in [6.45, 7) is 5.78. The van der Waals surface area contributed by atoms with Crippen molar-refractivity contribution in [2.24, 2.45) is 0 Å². The summed E-state index contributed by atoms with van der Waals surface area (Å²) in [6, 6.07) is 5.57. The first-order chi connectivity index (χ1) is 10.5. The average Bonchev–Trinajstić information content (AvgIpc) is 2.85. The third-order valence-corrected chi connectivity index (χ3v) is 4.21. The number of carbonyl (C=O) groups is 1. The van der Waals surface area contributed by atoms with Crippen molar-refractivity contribution in [2.45, 2.75) is 39.2 Å². The highest BCUT2D eigenvalue weighted by molar-refractivity contribution is 6.00. The summed E-state index contributed by atoms with van der Waals surface area (Å²) in [5.41, 5.74) is 0.906. The maximum absolute atomic E-state index is 12.6. The van der Waals surface area contributed by atoms with E-state index >= 15 is 0 Å². The van der Waals surface area contributed by atoms with Crippen LogP contribution in [-0.2, 0) is 0 Å². The van der Waals surface area contributed by atoms with E-state index in [4.69, 9.17) is 14.3 Å². The van der Waals surface area contributed by atoms with Crippen LogP contribution in [0.4, 0.5) is 0 Å². The molecule has 0 bridgehead atoms. The van der Waals surface area contributed by atoms with Crippen LogP contribution in [0.3, 0.4) is 0 Å². The van der Waals surface area contributed by atoms with Crippen molar-refractivity contribution in [1.29, 1.82) is 0 Å². The smallest absolute Gasteiger partial charge is 0.287 e. The molecule has 5 nitrogen and oxygen atoms in total. The Morgan fingerprint density at radius 3 is 2.77 bits per heavy atom. The lowest BCUT2D eigenvalue weighted by Crippen LogP contribution is -2.46. The Labute approximate surface area is 130 Å². The zero-order chi connectivity index (χ0) is 16.3. The first-order valence-electron chi connectivity index (χ1n) is 7.45. The van der Waals surface area contributed by atoms with Crippen LogP contribution in [0.25, 0.3) is 11.0 Å².